The summed E-state index contributed by atoms with van der Waals surface area (Å²) < 4.78 is 0. The molecule has 0 spiro atoms. The number of aliphatic imine (C=N–C) groups is 1. The molecule has 0 bridgehead atoms. The monoisotopic (exact) mass is 391 g/mol. The maximum atomic E-state index is 6.19. The lowest BCUT2D eigenvalue weighted by Crippen LogP contribution is -1.97. The molecule has 3 aromatic carbocycles. The zero-order chi connectivity index (χ0) is 16.8. The van der Waals surface area contributed by atoms with Crippen molar-refractivity contribution in [2.75, 3.05) is 0 Å². The minimum atomic E-state index is 0.539. The number of fused-ring (bicyclic) bond motifs is 3. The van der Waals surface area contributed by atoms with Crippen LogP contribution < -0.4 is 0 Å². The molecule has 24 heavy (non-hydrogen) atoms. The summed E-state index contributed by atoms with van der Waals surface area (Å²) in [7, 11) is 0. The van der Waals surface area contributed by atoms with Crippen LogP contribution in [0.15, 0.2) is 59.6 Å². The zero-order valence-corrected chi connectivity index (χ0v) is 15.2. The topological polar surface area (TPSA) is 12.4 Å². The first-order valence-corrected chi connectivity index (χ1v) is 8.67. The third-order valence-corrected chi connectivity index (χ3v) is 4.76. The Labute approximate surface area is 159 Å². The number of hydrogen-bond donors (Lipinski definition) is 0. The number of hydrogen-bond acceptors (Lipinski definition) is 1. The van der Waals surface area contributed by atoms with Crippen LogP contribution in [0.4, 0.5) is 5.69 Å². The lowest BCUT2D eigenvalue weighted by molar-refractivity contribution is 1.50. The summed E-state index contributed by atoms with van der Waals surface area (Å²) >= 11 is 24.6. The van der Waals surface area contributed by atoms with Gasteiger partial charge in [-0.05, 0) is 53.6 Å². The first-order chi connectivity index (χ1) is 11.5. The highest BCUT2D eigenvalue weighted by molar-refractivity contribution is 6.36. The van der Waals surface area contributed by atoms with Crippen molar-refractivity contribution in [1.82, 2.24) is 0 Å². The molecule has 0 amide bonds. The third kappa shape index (κ3) is 2.82. The van der Waals surface area contributed by atoms with Crippen molar-refractivity contribution in [1.29, 1.82) is 0 Å². The quantitative estimate of drug-likeness (QED) is 0.319. The summed E-state index contributed by atoms with van der Waals surface area (Å²) in [5.41, 5.74) is 5.59. The predicted octanol–water partition coefficient (Wildman–Crippen LogP) is 7.45. The van der Waals surface area contributed by atoms with Crippen LogP contribution in [0.5, 0.6) is 0 Å². The van der Waals surface area contributed by atoms with E-state index in [0.29, 0.717) is 25.8 Å². The summed E-state index contributed by atoms with van der Waals surface area (Å²) in [6, 6.07) is 16.8. The van der Waals surface area contributed by atoms with Gasteiger partial charge in [-0.3, -0.25) is 0 Å². The maximum Gasteiger partial charge on any atom is 0.0795 e. The Morgan fingerprint density at radius 2 is 1.00 bits per heavy atom. The largest absolute Gasteiger partial charge is 0.248 e. The molecule has 0 fully saturated rings. The minimum Gasteiger partial charge on any atom is -0.248 e. The second-order valence-electron chi connectivity index (χ2n) is 5.47. The Kier molecular flexibility index (Phi) is 4.06. The Hall–Kier alpha value is -1.51. The van der Waals surface area contributed by atoms with Crippen LogP contribution in [-0.4, -0.2) is 5.71 Å². The third-order valence-electron chi connectivity index (χ3n) is 3.85. The second kappa shape index (κ2) is 6.09. The fourth-order valence-corrected chi connectivity index (χ4v) is 3.75. The van der Waals surface area contributed by atoms with Gasteiger partial charge in [0.25, 0.3) is 0 Å². The molecular formula is C19H9Cl4N. The first-order valence-electron chi connectivity index (χ1n) is 7.16. The molecule has 1 aliphatic carbocycles. The number of nitrogens with zero attached hydrogens (tertiary/aromatic N) is 1. The number of halogens is 4. The molecule has 0 atom stereocenters. The Balaban J connectivity index is 1.99. The molecule has 4 rings (SSSR count). The van der Waals surface area contributed by atoms with Crippen molar-refractivity contribution >= 4 is 57.8 Å². The lowest BCUT2D eigenvalue weighted by atomic mass is 10.1. The highest BCUT2D eigenvalue weighted by atomic mass is 35.5. The van der Waals surface area contributed by atoms with Crippen molar-refractivity contribution in [2.45, 2.75) is 0 Å². The Bertz CT molecular complexity index is 934. The van der Waals surface area contributed by atoms with Gasteiger partial charge in [-0.15, -0.1) is 0 Å². The van der Waals surface area contributed by atoms with E-state index in [1.54, 1.807) is 18.2 Å². The van der Waals surface area contributed by atoms with Crippen LogP contribution in [0.2, 0.25) is 20.1 Å². The molecule has 0 unspecified atom stereocenters. The smallest absolute Gasteiger partial charge is 0.0795 e. The van der Waals surface area contributed by atoms with E-state index in [9.17, 15) is 0 Å². The molecule has 0 radical (unpaired) electrons. The summed E-state index contributed by atoms with van der Waals surface area (Å²) in [5, 5.41) is 2.39. The molecule has 118 valence electrons. The van der Waals surface area contributed by atoms with Gasteiger partial charge >= 0.3 is 0 Å². The summed E-state index contributed by atoms with van der Waals surface area (Å²) in [6.45, 7) is 0. The van der Waals surface area contributed by atoms with E-state index in [-0.39, 0.29) is 0 Å². The van der Waals surface area contributed by atoms with Crippen LogP contribution in [0, 0.1) is 0 Å². The lowest BCUT2D eigenvalue weighted by Gasteiger charge is -2.04. The fraction of sp³-hybridized carbons (Fsp3) is 0. The van der Waals surface area contributed by atoms with Gasteiger partial charge < -0.3 is 0 Å². The highest BCUT2D eigenvalue weighted by Gasteiger charge is 2.25. The summed E-state index contributed by atoms with van der Waals surface area (Å²) in [6.07, 6.45) is 0. The van der Waals surface area contributed by atoms with Gasteiger partial charge in [0, 0.05) is 31.2 Å². The van der Waals surface area contributed by atoms with Crippen LogP contribution in [0.25, 0.3) is 11.1 Å². The number of benzene rings is 3. The number of rotatable bonds is 1. The predicted molar refractivity (Wildman–Crippen MR) is 104 cm³/mol. The van der Waals surface area contributed by atoms with Crippen LogP contribution >= 0.6 is 46.4 Å². The summed E-state index contributed by atoms with van der Waals surface area (Å²) in [5.74, 6) is 0. The van der Waals surface area contributed by atoms with Crippen molar-refractivity contribution in [2.24, 2.45) is 4.99 Å². The van der Waals surface area contributed by atoms with Crippen molar-refractivity contribution < 1.29 is 0 Å². The Morgan fingerprint density at radius 1 is 0.500 bits per heavy atom. The molecule has 0 N–H and O–H groups in total. The SMILES string of the molecule is Clc1cc(Cl)cc(N=C2c3cc(Cl)ccc3-c3ccc(Cl)cc32)c1. The van der Waals surface area contributed by atoms with Gasteiger partial charge in [0.1, 0.15) is 0 Å². The normalized spacial score (nSPS) is 12.1. The van der Waals surface area contributed by atoms with Crippen LogP contribution in [-0.2, 0) is 0 Å². The standard InChI is InChI=1S/C19H9Cl4N/c20-10-1-3-15-16-4-2-11(21)9-18(16)19(17(15)8-10)24-14-6-12(22)5-13(23)7-14/h1-9H. The van der Waals surface area contributed by atoms with E-state index in [4.69, 9.17) is 51.4 Å². The van der Waals surface area contributed by atoms with E-state index >= 15 is 0 Å². The molecular weight excluding hydrogens is 384 g/mol. The van der Waals surface area contributed by atoms with E-state index in [1.165, 1.54) is 0 Å². The highest BCUT2D eigenvalue weighted by Crippen LogP contribution is 2.40. The van der Waals surface area contributed by atoms with Crippen molar-refractivity contribution in [3.63, 3.8) is 0 Å². The van der Waals surface area contributed by atoms with Crippen molar-refractivity contribution in [3.05, 3.63) is 85.8 Å². The van der Waals surface area contributed by atoms with Gasteiger partial charge in [0.2, 0.25) is 0 Å². The first kappa shape index (κ1) is 16.0. The van der Waals surface area contributed by atoms with Gasteiger partial charge in [0.05, 0.1) is 11.4 Å². The van der Waals surface area contributed by atoms with Gasteiger partial charge in [-0.1, -0.05) is 58.5 Å². The van der Waals surface area contributed by atoms with Crippen LogP contribution in [0.1, 0.15) is 11.1 Å². The molecule has 0 aliphatic heterocycles. The molecule has 0 saturated carbocycles. The van der Waals surface area contributed by atoms with E-state index in [0.717, 1.165) is 28.0 Å². The molecule has 1 aliphatic rings. The maximum absolute atomic E-state index is 6.19. The zero-order valence-electron chi connectivity index (χ0n) is 12.2. The van der Waals surface area contributed by atoms with Crippen LogP contribution in [0.3, 0.4) is 0 Å². The molecule has 5 heteroatoms. The molecule has 0 saturated heterocycles. The molecule has 3 aromatic rings. The van der Waals surface area contributed by atoms with E-state index < -0.39 is 0 Å². The van der Waals surface area contributed by atoms with Crippen molar-refractivity contribution in [3.8, 4) is 11.1 Å². The van der Waals surface area contributed by atoms with E-state index in [1.807, 2.05) is 36.4 Å². The van der Waals surface area contributed by atoms with Gasteiger partial charge in [-0.2, -0.15) is 0 Å². The summed E-state index contributed by atoms with van der Waals surface area (Å²) in [4.78, 5) is 4.78. The average Bonchev–Trinajstić information content (AvgIpc) is 2.79. The van der Waals surface area contributed by atoms with E-state index in [2.05, 4.69) is 0 Å². The average molecular weight is 393 g/mol. The van der Waals surface area contributed by atoms with Gasteiger partial charge in [0.15, 0.2) is 0 Å². The minimum absolute atomic E-state index is 0.539. The van der Waals surface area contributed by atoms with Gasteiger partial charge in [-0.25, -0.2) is 4.99 Å². The molecule has 0 aromatic heterocycles. The Morgan fingerprint density at radius 3 is 1.50 bits per heavy atom. The fourth-order valence-electron chi connectivity index (χ4n) is 2.89. The molecule has 0 heterocycles. The molecule has 1 nitrogen and oxygen atoms in total. The second-order valence-corrected chi connectivity index (χ2v) is 7.21.